The van der Waals surface area contributed by atoms with Gasteiger partial charge >= 0.3 is 0 Å². The molecule has 0 saturated carbocycles. The summed E-state index contributed by atoms with van der Waals surface area (Å²) < 4.78 is 27.4. The van der Waals surface area contributed by atoms with Gasteiger partial charge in [0.25, 0.3) is 0 Å². The number of hydrogen-bond donors (Lipinski definition) is 2. The van der Waals surface area contributed by atoms with E-state index >= 15 is 0 Å². The van der Waals surface area contributed by atoms with Crippen molar-refractivity contribution in [3.8, 4) is 0 Å². The highest BCUT2D eigenvalue weighted by Crippen LogP contribution is 2.24. The summed E-state index contributed by atoms with van der Waals surface area (Å²) in [4.78, 5) is 0. The Bertz CT molecular complexity index is 540. The molecular formula is C13H11F2IN2. The van der Waals surface area contributed by atoms with Gasteiger partial charge in [-0.2, -0.15) is 0 Å². The topological polar surface area (TPSA) is 38.0 Å². The third kappa shape index (κ3) is 3.04. The van der Waals surface area contributed by atoms with Gasteiger partial charge in [0.1, 0.15) is 11.6 Å². The maximum absolute atomic E-state index is 13.2. The van der Waals surface area contributed by atoms with Gasteiger partial charge in [-0.25, -0.2) is 14.2 Å². The lowest BCUT2D eigenvalue weighted by Crippen LogP contribution is -2.29. The molecule has 0 amide bonds. The first kappa shape index (κ1) is 13.4. The largest absolute Gasteiger partial charge is 0.271 e. The van der Waals surface area contributed by atoms with Crippen molar-refractivity contribution in [2.75, 3.05) is 0 Å². The number of nitrogens with one attached hydrogen (secondary N) is 1. The van der Waals surface area contributed by atoms with Crippen LogP contribution in [0.15, 0.2) is 42.5 Å². The standard InChI is InChI=1S/C13H11F2IN2/c14-10-4-9(5-11(15)7-10)13(18-17)8-2-1-3-12(16)6-8/h1-7,13,18H,17H2. The lowest BCUT2D eigenvalue weighted by Gasteiger charge is -2.17. The Hall–Kier alpha value is -1.05. The van der Waals surface area contributed by atoms with Crippen LogP contribution in [0.5, 0.6) is 0 Å². The molecule has 3 N–H and O–H groups in total. The van der Waals surface area contributed by atoms with E-state index in [1.807, 2.05) is 24.3 Å². The second kappa shape index (κ2) is 5.73. The number of rotatable bonds is 3. The third-order valence-corrected chi connectivity index (χ3v) is 3.24. The van der Waals surface area contributed by atoms with Crippen LogP contribution in [0.3, 0.4) is 0 Å². The molecule has 0 aliphatic rings. The second-order valence-electron chi connectivity index (χ2n) is 3.86. The second-order valence-corrected chi connectivity index (χ2v) is 5.10. The summed E-state index contributed by atoms with van der Waals surface area (Å²) in [5, 5.41) is 0. The fraction of sp³-hybridized carbons (Fsp3) is 0.0769. The monoisotopic (exact) mass is 360 g/mol. The van der Waals surface area contributed by atoms with Gasteiger partial charge in [-0.15, -0.1) is 0 Å². The molecule has 0 aliphatic heterocycles. The molecule has 0 aliphatic carbocycles. The molecule has 0 bridgehead atoms. The van der Waals surface area contributed by atoms with Crippen LogP contribution in [0.25, 0.3) is 0 Å². The zero-order valence-corrected chi connectivity index (χ0v) is 11.5. The van der Waals surface area contributed by atoms with Crippen LogP contribution in [0.1, 0.15) is 17.2 Å². The highest BCUT2D eigenvalue weighted by atomic mass is 127. The number of benzene rings is 2. The zero-order valence-electron chi connectivity index (χ0n) is 9.33. The summed E-state index contributed by atoms with van der Waals surface area (Å²) in [6.07, 6.45) is 0. The fourth-order valence-corrected chi connectivity index (χ4v) is 2.38. The first-order chi connectivity index (χ1) is 8.60. The van der Waals surface area contributed by atoms with Crippen molar-refractivity contribution in [2.24, 2.45) is 5.84 Å². The average Bonchev–Trinajstić information content (AvgIpc) is 2.28. The summed E-state index contributed by atoms with van der Waals surface area (Å²) in [5.41, 5.74) is 3.89. The van der Waals surface area contributed by atoms with E-state index in [-0.39, 0.29) is 0 Å². The van der Waals surface area contributed by atoms with E-state index in [1.165, 1.54) is 12.1 Å². The smallest absolute Gasteiger partial charge is 0.126 e. The van der Waals surface area contributed by atoms with Gasteiger partial charge in [-0.3, -0.25) is 5.84 Å². The molecule has 5 heteroatoms. The zero-order chi connectivity index (χ0) is 13.1. The summed E-state index contributed by atoms with van der Waals surface area (Å²) in [6.45, 7) is 0. The first-order valence-corrected chi connectivity index (χ1v) is 6.35. The van der Waals surface area contributed by atoms with E-state index in [0.29, 0.717) is 5.56 Å². The Balaban J connectivity index is 2.45. The quantitative estimate of drug-likeness (QED) is 0.502. The molecule has 2 aromatic carbocycles. The molecule has 2 rings (SSSR count). The van der Waals surface area contributed by atoms with Gasteiger partial charge in [0.05, 0.1) is 6.04 Å². The molecule has 0 aromatic heterocycles. The van der Waals surface area contributed by atoms with E-state index in [2.05, 4.69) is 28.0 Å². The average molecular weight is 360 g/mol. The number of hydrazine groups is 1. The lowest BCUT2D eigenvalue weighted by atomic mass is 9.99. The maximum Gasteiger partial charge on any atom is 0.126 e. The van der Waals surface area contributed by atoms with Crippen molar-refractivity contribution in [3.63, 3.8) is 0 Å². The van der Waals surface area contributed by atoms with Gasteiger partial charge in [0, 0.05) is 9.64 Å². The van der Waals surface area contributed by atoms with Crippen LogP contribution in [0.4, 0.5) is 8.78 Å². The van der Waals surface area contributed by atoms with Crippen molar-refractivity contribution in [3.05, 3.63) is 68.8 Å². The number of hydrogen-bond acceptors (Lipinski definition) is 2. The molecule has 2 nitrogen and oxygen atoms in total. The van der Waals surface area contributed by atoms with Crippen molar-refractivity contribution < 1.29 is 8.78 Å². The van der Waals surface area contributed by atoms with Gasteiger partial charge in [0.2, 0.25) is 0 Å². The molecule has 1 atom stereocenters. The Morgan fingerprint density at radius 1 is 1.00 bits per heavy atom. The van der Waals surface area contributed by atoms with E-state index in [9.17, 15) is 8.78 Å². The van der Waals surface area contributed by atoms with Gasteiger partial charge < -0.3 is 0 Å². The van der Waals surface area contributed by atoms with E-state index in [1.54, 1.807) is 0 Å². The molecule has 94 valence electrons. The van der Waals surface area contributed by atoms with Crippen LogP contribution in [0.2, 0.25) is 0 Å². The predicted octanol–water partition coefficient (Wildman–Crippen LogP) is 3.12. The van der Waals surface area contributed by atoms with Crippen molar-refractivity contribution >= 4 is 22.6 Å². The van der Waals surface area contributed by atoms with Crippen LogP contribution in [-0.4, -0.2) is 0 Å². The highest BCUT2D eigenvalue weighted by Gasteiger charge is 2.14. The Morgan fingerprint density at radius 3 is 2.22 bits per heavy atom. The van der Waals surface area contributed by atoms with Crippen LogP contribution >= 0.6 is 22.6 Å². The SMILES string of the molecule is NNC(c1cc(F)cc(F)c1)c1cccc(I)c1. The molecule has 0 saturated heterocycles. The number of nitrogens with two attached hydrogens (primary N) is 1. The fourth-order valence-electron chi connectivity index (χ4n) is 1.81. The van der Waals surface area contributed by atoms with Crippen LogP contribution in [0, 0.1) is 15.2 Å². The molecule has 0 heterocycles. The number of halogens is 3. The van der Waals surface area contributed by atoms with E-state index in [0.717, 1.165) is 15.2 Å². The molecule has 0 radical (unpaired) electrons. The molecule has 18 heavy (non-hydrogen) atoms. The Labute approximate surface area is 117 Å². The van der Waals surface area contributed by atoms with Crippen LogP contribution < -0.4 is 11.3 Å². The minimum atomic E-state index is -0.615. The summed E-state index contributed by atoms with van der Waals surface area (Å²) >= 11 is 2.17. The molecule has 0 spiro atoms. The van der Waals surface area contributed by atoms with Crippen molar-refractivity contribution in [1.29, 1.82) is 0 Å². The Morgan fingerprint density at radius 2 is 1.67 bits per heavy atom. The van der Waals surface area contributed by atoms with Crippen molar-refractivity contribution in [2.45, 2.75) is 6.04 Å². The van der Waals surface area contributed by atoms with Crippen LogP contribution in [-0.2, 0) is 0 Å². The Kier molecular flexibility index (Phi) is 4.26. The first-order valence-electron chi connectivity index (χ1n) is 5.28. The normalized spacial score (nSPS) is 12.4. The van der Waals surface area contributed by atoms with Gasteiger partial charge in [-0.1, -0.05) is 12.1 Å². The minimum Gasteiger partial charge on any atom is -0.271 e. The maximum atomic E-state index is 13.2. The highest BCUT2D eigenvalue weighted by molar-refractivity contribution is 14.1. The summed E-state index contributed by atoms with van der Waals surface area (Å²) in [6, 6.07) is 10.5. The summed E-state index contributed by atoms with van der Waals surface area (Å²) in [7, 11) is 0. The lowest BCUT2D eigenvalue weighted by molar-refractivity contribution is 0.566. The molecular weight excluding hydrogens is 349 g/mol. The van der Waals surface area contributed by atoms with E-state index < -0.39 is 17.7 Å². The van der Waals surface area contributed by atoms with Gasteiger partial charge in [0.15, 0.2) is 0 Å². The van der Waals surface area contributed by atoms with Gasteiger partial charge in [-0.05, 0) is 58.0 Å². The predicted molar refractivity (Wildman–Crippen MR) is 74.7 cm³/mol. The van der Waals surface area contributed by atoms with Crippen molar-refractivity contribution in [1.82, 2.24) is 5.43 Å². The van der Waals surface area contributed by atoms with E-state index in [4.69, 9.17) is 5.84 Å². The molecule has 1 unspecified atom stereocenters. The third-order valence-electron chi connectivity index (χ3n) is 2.57. The minimum absolute atomic E-state index is 0.440. The molecule has 0 fully saturated rings. The molecule has 2 aromatic rings. The summed E-state index contributed by atoms with van der Waals surface area (Å²) in [5.74, 6) is 4.26.